The zero-order valence-electron chi connectivity index (χ0n) is 27.8. The monoisotopic (exact) mass is 707 g/mol. The fraction of sp³-hybridized carbons (Fsp3) is 0.514. The van der Waals surface area contributed by atoms with Crippen molar-refractivity contribution >= 4 is 50.0 Å². The SMILES string of the molecule is COc1ccc2c(OC3CC4C(=O)NC5(C(=O)NS(=O)(=O)C6CC6)CC5C=CCCCCN(C)C(=O)C4C3)cc(-c3nccs3)nc2c1C. The number of carbonyl (C=O) groups excluding carboxylic acids is 3. The molecule has 2 aromatic heterocycles. The fourth-order valence-corrected chi connectivity index (χ4v) is 9.19. The van der Waals surface area contributed by atoms with Gasteiger partial charge in [-0.3, -0.25) is 19.1 Å². The molecular formula is C35H41N5O7S2. The molecule has 260 valence electrons. The Hall–Kier alpha value is -4.04. The van der Waals surface area contributed by atoms with Crippen molar-refractivity contribution in [2.75, 3.05) is 20.7 Å². The minimum Gasteiger partial charge on any atom is -0.496 e. The van der Waals surface area contributed by atoms with Crippen molar-refractivity contribution in [2.45, 2.75) is 75.2 Å². The van der Waals surface area contributed by atoms with Crippen LogP contribution >= 0.6 is 11.3 Å². The molecule has 0 saturated heterocycles. The number of hydrogen-bond acceptors (Lipinski definition) is 10. The molecule has 12 nitrogen and oxygen atoms in total. The number of nitrogens with zero attached hydrogens (tertiary/aromatic N) is 3. The molecule has 3 heterocycles. The molecule has 49 heavy (non-hydrogen) atoms. The van der Waals surface area contributed by atoms with Crippen molar-refractivity contribution < 1.29 is 32.3 Å². The van der Waals surface area contributed by atoms with Gasteiger partial charge in [-0.1, -0.05) is 12.2 Å². The number of carbonyl (C=O) groups is 3. The quantitative estimate of drug-likeness (QED) is 0.345. The van der Waals surface area contributed by atoms with E-state index in [0.717, 1.165) is 35.2 Å². The number of sulfonamides is 1. The van der Waals surface area contributed by atoms with E-state index < -0.39 is 50.6 Å². The number of aryl methyl sites for hydroxylation is 1. The number of amides is 3. The van der Waals surface area contributed by atoms with E-state index in [2.05, 4.69) is 15.0 Å². The molecule has 1 aliphatic heterocycles. The van der Waals surface area contributed by atoms with Gasteiger partial charge in [0.25, 0.3) is 5.91 Å². The second kappa shape index (κ2) is 13.0. The van der Waals surface area contributed by atoms with E-state index in [0.29, 0.717) is 48.5 Å². The Morgan fingerprint density at radius 1 is 1.14 bits per heavy atom. The summed E-state index contributed by atoms with van der Waals surface area (Å²) in [5.41, 5.74) is 0.799. The molecule has 3 amide bonds. The zero-order chi connectivity index (χ0) is 34.5. The maximum absolute atomic E-state index is 14.2. The first-order valence-corrected chi connectivity index (χ1v) is 19.3. The molecule has 7 rings (SSSR count). The van der Waals surface area contributed by atoms with Crippen molar-refractivity contribution in [2.24, 2.45) is 17.8 Å². The molecular weight excluding hydrogens is 667 g/mol. The largest absolute Gasteiger partial charge is 0.496 e. The van der Waals surface area contributed by atoms with Crippen LogP contribution in [0.2, 0.25) is 0 Å². The highest BCUT2D eigenvalue weighted by Gasteiger charge is 2.62. The number of allylic oxidation sites excluding steroid dienone is 1. The summed E-state index contributed by atoms with van der Waals surface area (Å²) in [5, 5.41) is 5.74. The molecule has 2 N–H and O–H groups in total. The first-order chi connectivity index (χ1) is 23.5. The number of methoxy groups -OCH3 is 1. The van der Waals surface area contributed by atoms with Crippen LogP contribution in [0.5, 0.6) is 11.5 Å². The molecule has 3 aliphatic carbocycles. The summed E-state index contributed by atoms with van der Waals surface area (Å²) in [6.07, 6.45) is 9.34. The Bertz CT molecular complexity index is 1930. The highest BCUT2D eigenvalue weighted by Crippen LogP contribution is 2.47. The zero-order valence-corrected chi connectivity index (χ0v) is 29.4. The van der Waals surface area contributed by atoms with Gasteiger partial charge in [-0.05, 0) is 70.4 Å². The van der Waals surface area contributed by atoms with Crippen molar-refractivity contribution in [1.82, 2.24) is 24.9 Å². The number of thiazole rings is 1. The third-order valence-corrected chi connectivity index (χ3v) is 12.9. The van der Waals surface area contributed by atoms with E-state index in [4.69, 9.17) is 14.5 Å². The Morgan fingerprint density at radius 3 is 2.67 bits per heavy atom. The van der Waals surface area contributed by atoms with Gasteiger partial charge >= 0.3 is 0 Å². The van der Waals surface area contributed by atoms with Gasteiger partial charge in [0.2, 0.25) is 21.8 Å². The molecule has 5 atom stereocenters. The Labute approximate surface area is 289 Å². The summed E-state index contributed by atoms with van der Waals surface area (Å²) in [6, 6.07) is 5.60. The molecule has 0 bridgehead atoms. The summed E-state index contributed by atoms with van der Waals surface area (Å²) in [7, 11) is -0.452. The van der Waals surface area contributed by atoms with E-state index in [-0.39, 0.29) is 24.7 Å². The minimum absolute atomic E-state index is 0.148. The van der Waals surface area contributed by atoms with Gasteiger partial charge in [0.1, 0.15) is 33.8 Å². The number of ether oxygens (including phenoxy) is 2. The lowest BCUT2D eigenvalue weighted by atomic mass is 9.93. The summed E-state index contributed by atoms with van der Waals surface area (Å²) < 4.78 is 40.0. The molecule has 1 aromatic carbocycles. The molecule has 3 saturated carbocycles. The van der Waals surface area contributed by atoms with Gasteiger partial charge in [-0.25, -0.2) is 18.4 Å². The average Bonchev–Trinajstić information content (AvgIpc) is 3.94. The summed E-state index contributed by atoms with van der Waals surface area (Å²) in [6.45, 7) is 2.49. The lowest BCUT2D eigenvalue weighted by Gasteiger charge is -2.26. The lowest BCUT2D eigenvalue weighted by Crippen LogP contribution is -2.54. The van der Waals surface area contributed by atoms with Crippen LogP contribution in [0, 0.1) is 24.7 Å². The molecule has 5 unspecified atom stereocenters. The van der Waals surface area contributed by atoms with E-state index >= 15 is 0 Å². The number of rotatable bonds is 7. The molecule has 4 aliphatic rings. The van der Waals surface area contributed by atoms with Gasteiger partial charge in [-0.2, -0.15) is 0 Å². The van der Waals surface area contributed by atoms with Crippen LogP contribution in [-0.4, -0.2) is 78.6 Å². The number of aromatic nitrogens is 2. The second-order valence-corrected chi connectivity index (χ2v) is 16.5. The Balaban J connectivity index is 1.20. The van der Waals surface area contributed by atoms with Crippen molar-refractivity contribution in [3.63, 3.8) is 0 Å². The smallest absolute Gasteiger partial charge is 0.259 e. The number of benzene rings is 1. The normalized spacial score (nSPS) is 27.5. The van der Waals surface area contributed by atoms with Gasteiger partial charge in [0.15, 0.2) is 0 Å². The first-order valence-electron chi connectivity index (χ1n) is 16.9. The van der Waals surface area contributed by atoms with E-state index in [9.17, 15) is 22.8 Å². The lowest BCUT2D eigenvalue weighted by molar-refractivity contribution is -0.140. The van der Waals surface area contributed by atoms with Crippen LogP contribution in [-0.2, 0) is 24.4 Å². The minimum atomic E-state index is -3.82. The molecule has 0 spiro atoms. The third-order valence-electron chi connectivity index (χ3n) is 10.3. The van der Waals surface area contributed by atoms with Crippen LogP contribution in [0.3, 0.4) is 0 Å². The van der Waals surface area contributed by atoms with Crippen molar-refractivity contribution in [3.05, 3.63) is 47.5 Å². The third kappa shape index (κ3) is 6.52. The summed E-state index contributed by atoms with van der Waals surface area (Å²) in [5.74, 6) is -1.88. The van der Waals surface area contributed by atoms with E-state index in [1.54, 1.807) is 25.3 Å². The number of hydrogen-bond donors (Lipinski definition) is 2. The predicted molar refractivity (Wildman–Crippen MR) is 184 cm³/mol. The summed E-state index contributed by atoms with van der Waals surface area (Å²) >= 11 is 1.46. The molecule has 0 radical (unpaired) electrons. The topological polar surface area (TPSA) is 157 Å². The van der Waals surface area contributed by atoms with E-state index in [1.165, 1.54) is 11.3 Å². The highest BCUT2D eigenvalue weighted by molar-refractivity contribution is 7.91. The van der Waals surface area contributed by atoms with Crippen LogP contribution in [0.4, 0.5) is 0 Å². The molecule has 3 fully saturated rings. The maximum Gasteiger partial charge on any atom is 0.259 e. The molecule has 3 aromatic rings. The number of fused-ring (bicyclic) bond motifs is 3. The fourth-order valence-electron chi connectivity index (χ4n) is 7.23. The molecule has 14 heteroatoms. The Kier molecular flexibility index (Phi) is 8.89. The van der Waals surface area contributed by atoms with Gasteiger partial charge in [0.05, 0.1) is 29.7 Å². The predicted octanol–water partition coefficient (Wildman–Crippen LogP) is 4.13. The van der Waals surface area contributed by atoms with Gasteiger partial charge in [0, 0.05) is 48.1 Å². The van der Waals surface area contributed by atoms with Crippen molar-refractivity contribution in [3.8, 4) is 22.2 Å². The number of nitrogens with one attached hydrogen (secondary N) is 2. The van der Waals surface area contributed by atoms with E-state index in [1.807, 2.05) is 42.7 Å². The highest BCUT2D eigenvalue weighted by atomic mass is 32.2. The van der Waals surface area contributed by atoms with Crippen LogP contribution < -0.4 is 19.5 Å². The standard InChI is InChI=1S/C35H41N5O7S2/c1-20-28(46-3)12-11-24-29(18-27(37-30(20)24)32-36-13-15-48-32)47-22-16-25-26(17-22)33(42)40(2)14-7-5-4-6-8-21-19-35(21,38-31(25)41)34(43)39-49(44,45)23-9-10-23/h6,8,11-13,15,18,21-23,25-26H,4-5,7,9-10,14,16-17,19H2,1-3H3,(H,38,41)(H,39,43). The van der Waals surface area contributed by atoms with Crippen LogP contribution in [0.1, 0.15) is 56.9 Å². The maximum atomic E-state index is 14.2. The second-order valence-electron chi connectivity index (χ2n) is 13.7. The van der Waals surface area contributed by atoms with Crippen LogP contribution in [0.15, 0.2) is 41.9 Å². The van der Waals surface area contributed by atoms with Crippen LogP contribution in [0.25, 0.3) is 21.6 Å². The Morgan fingerprint density at radius 2 is 1.94 bits per heavy atom. The van der Waals surface area contributed by atoms with Gasteiger partial charge < -0.3 is 19.7 Å². The average molecular weight is 708 g/mol. The van der Waals surface area contributed by atoms with Crippen molar-refractivity contribution in [1.29, 1.82) is 0 Å². The number of pyridine rings is 1. The first kappa shape index (κ1) is 33.5. The summed E-state index contributed by atoms with van der Waals surface area (Å²) in [4.78, 5) is 52.7. The van der Waals surface area contributed by atoms with Gasteiger partial charge in [-0.15, -0.1) is 11.3 Å².